The molecule has 0 aliphatic rings. The normalized spacial score (nSPS) is 13.3. The number of hydrogen-bond donors (Lipinski definition) is 3. The Bertz CT molecular complexity index is 836. The fourth-order valence-electron chi connectivity index (χ4n) is 3.10. The first-order valence-electron chi connectivity index (χ1n) is 7.93. The van der Waals surface area contributed by atoms with E-state index in [1.165, 1.54) is 10.8 Å². The first kappa shape index (κ1) is 15.6. The van der Waals surface area contributed by atoms with Crippen molar-refractivity contribution in [2.24, 2.45) is 5.73 Å². The van der Waals surface area contributed by atoms with Gasteiger partial charge in [0.05, 0.1) is 6.10 Å². The minimum absolute atomic E-state index is 0.0170. The summed E-state index contributed by atoms with van der Waals surface area (Å²) in [5, 5.41) is 21.2. The number of nitrogens with two attached hydrogens (primary N) is 1. The number of para-hydroxylation sites is 1. The number of aliphatic hydroxyl groups is 2. The highest BCUT2D eigenvalue weighted by Crippen LogP contribution is 2.30. The minimum atomic E-state index is -0.476. The van der Waals surface area contributed by atoms with Crippen molar-refractivity contribution < 1.29 is 10.2 Å². The summed E-state index contributed by atoms with van der Waals surface area (Å²) in [5.74, 6) is 0. The van der Waals surface area contributed by atoms with Crippen LogP contribution in [0.5, 0.6) is 0 Å². The SMILES string of the molecule is N/C=C/c1ccc2c(c1)c1ccccc1n2CC[C@@H](O)CCO. The van der Waals surface area contributed by atoms with Crippen LogP contribution in [0.1, 0.15) is 18.4 Å². The van der Waals surface area contributed by atoms with Gasteiger partial charge in [-0.05, 0) is 48.9 Å². The van der Waals surface area contributed by atoms with Crippen LogP contribution in [-0.2, 0) is 6.54 Å². The lowest BCUT2D eigenvalue weighted by Crippen LogP contribution is -2.12. The highest BCUT2D eigenvalue weighted by molar-refractivity contribution is 6.08. The zero-order valence-corrected chi connectivity index (χ0v) is 13.0. The lowest BCUT2D eigenvalue weighted by atomic mass is 10.1. The third-order valence-electron chi connectivity index (χ3n) is 4.23. The molecule has 1 atom stereocenters. The van der Waals surface area contributed by atoms with Crippen LogP contribution in [0, 0.1) is 0 Å². The van der Waals surface area contributed by atoms with E-state index in [-0.39, 0.29) is 6.61 Å². The molecule has 0 fully saturated rings. The Morgan fingerprint density at radius 3 is 2.61 bits per heavy atom. The van der Waals surface area contributed by atoms with Crippen LogP contribution in [0.3, 0.4) is 0 Å². The Hall–Kier alpha value is -2.30. The molecule has 4 nitrogen and oxygen atoms in total. The minimum Gasteiger partial charge on any atom is -0.405 e. The summed E-state index contributed by atoms with van der Waals surface area (Å²) in [7, 11) is 0. The molecule has 3 rings (SSSR count). The number of rotatable bonds is 6. The summed E-state index contributed by atoms with van der Waals surface area (Å²) >= 11 is 0. The van der Waals surface area contributed by atoms with Gasteiger partial charge in [-0.25, -0.2) is 0 Å². The monoisotopic (exact) mass is 310 g/mol. The molecule has 4 N–H and O–H groups in total. The van der Waals surface area contributed by atoms with E-state index in [1.807, 2.05) is 24.3 Å². The second-order valence-electron chi connectivity index (χ2n) is 5.76. The lowest BCUT2D eigenvalue weighted by molar-refractivity contribution is 0.121. The maximum atomic E-state index is 9.91. The second kappa shape index (κ2) is 6.86. The van der Waals surface area contributed by atoms with Gasteiger partial charge < -0.3 is 20.5 Å². The quantitative estimate of drug-likeness (QED) is 0.655. The standard InChI is InChI=1S/C19H22N2O2/c20-10-7-14-5-6-19-17(13-14)16-3-1-2-4-18(16)21(19)11-8-15(23)9-12-22/h1-7,10,13,15,22-23H,8-9,11-12,20H2/b10-7+/t15-/m1/s1. The molecular weight excluding hydrogens is 288 g/mol. The molecule has 2 aromatic carbocycles. The summed E-state index contributed by atoms with van der Waals surface area (Å²) in [6, 6.07) is 14.6. The molecule has 3 aromatic rings. The number of aromatic nitrogens is 1. The molecule has 0 unspecified atom stereocenters. The molecule has 0 radical (unpaired) electrons. The van der Waals surface area contributed by atoms with Gasteiger partial charge in [0.2, 0.25) is 0 Å². The number of hydrogen-bond acceptors (Lipinski definition) is 3. The largest absolute Gasteiger partial charge is 0.405 e. The number of fused-ring (bicyclic) bond motifs is 3. The van der Waals surface area contributed by atoms with Crippen molar-refractivity contribution in [1.82, 2.24) is 4.57 Å². The van der Waals surface area contributed by atoms with Crippen molar-refractivity contribution in [3.05, 3.63) is 54.2 Å². The van der Waals surface area contributed by atoms with Gasteiger partial charge in [-0.1, -0.05) is 24.3 Å². The van der Waals surface area contributed by atoms with Gasteiger partial charge >= 0.3 is 0 Å². The zero-order chi connectivity index (χ0) is 16.2. The molecule has 0 saturated heterocycles. The maximum absolute atomic E-state index is 9.91. The van der Waals surface area contributed by atoms with Crippen LogP contribution in [0.4, 0.5) is 0 Å². The molecule has 0 bridgehead atoms. The highest BCUT2D eigenvalue weighted by atomic mass is 16.3. The average Bonchev–Trinajstić information content (AvgIpc) is 2.87. The van der Waals surface area contributed by atoms with E-state index in [9.17, 15) is 5.11 Å². The van der Waals surface area contributed by atoms with E-state index in [1.54, 1.807) is 6.20 Å². The molecule has 0 aliphatic heterocycles. The molecule has 23 heavy (non-hydrogen) atoms. The van der Waals surface area contributed by atoms with Crippen LogP contribution in [0.25, 0.3) is 27.9 Å². The van der Waals surface area contributed by atoms with E-state index in [2.05, 4.69) is 28.8 Å². The van der Waals surface area contributed by atoms with E-state index < -0.39 is 6.10 Å². The van der Waals surface area contributed by atoms with E-state index in [0.717, 1.165) is 23.1 Å². The number of aryl methyl sites for hydroxylation is 1. The van der Waals surface area contributed by atoms with Crippen LogP contribution in [-0.4, -0.2) is 27.5 Å². The fourth-order valence-corrected chi connectivity index (χ4v) is 3.10. The molecule has 1 heterocycles. The number of nitrogens with zero attached hydrogens (tertiary/aromatic N) is 1. The number of aliphatic hydroxyl groups excluding tert-OH is 2. The van der Waals surface area contributed by atoms with Gasteiger partial charge in [-0.3, -0.25) is 0 Å². The highest BCUT2D eigenvalue weighted by Gasteiger charge is 2.12. The third kappa shape index (κ3) is 3.09. The second-order valence-corrected chi connectivity index (χ2v) is 5.76. The Labute approximate surface area is 135 Å². The molecule has 0 spiro atoms. The van der Waals surface area contributed by atoms with Gasteiger partial charge in [0, 0.05) is 35.0 Å². The fraction of sp³-hybridized carbons (Fsp3) is 0.263. The Kier molecular flexibility index (Phi) is 4.65. The van der Waals surface area contributed by atoms with Crippen molar-refractivity contribution in [3.63, 3.8) is 0 Å². The summed E-state index contributed by atoms with van der Waals surface area (Å²) in [5.41, 5.74) is 8.88. The maximum Gasteiger partial charge on any atom is 0.0579 e. The van der Waals surface area contributed by atoms with E-state index in [0.29, 0.717) is 12.8 Å². The van der Waals surface area contributed by atoms with Crippen molar-refractivity contribution in [1.29, 1.82) is 0 Å². The molecule has 4 heteroatoms. The van der Waals surface area contributed by atoms with Crippen LogP contribution in [0.15, 0.2) is 48.7 Å². The van der Waals surface area contributed by atoms with Gasteiger partial charge in [-0.15, -0.1) is 0 Å². The predicted octanol–water partition coefficient (Wildman–Crippen LogP) is 2.86. The first-order valence-corrected chi connectivity index (χ1v) is 7.93. The van der Waals surface area contributed by atoms with Crippen molar-refractivity contribution in [2.45, 2.75) is 25.5 Å². The molecule has 0 saturated carbocycles. The Morgan fingerprint density at radius 2 is 1.83 bits per heavy atom. The van der Waals surface area contributed by atoms with Crippen molar-refractivity contribution in [3.8, 4) is 0 Å². The summed E-state index contributed by atoms with van der Waals surface area (Å²) < 4.78 is 2.24. The molecule has 0 aliphatic carbocycles. The van der Waals surface area contributed by atoms with Gasteiger partial charge in [-0.2, -0.15) is 0 Å². The van der Waals surface area contributed by atoms with Gasteiger partial charge in [0.25, 0.3) is 0 Å². The summed E-state index contributed by atoms with van der Waals surface area (Å²) in [6.45, 7) is 0.736. The first-order chi connectivity index (χ1) is 11.2. The van der Waals surface area contributed by atoms with Crippen LogP contribution < -0.4 is 5.73 Å². The Balaban J connectivity index is 2.07. The summed E-state index contributed by atoms with van der Waals surface area (Å²) in [4.78, 5) is 0. The van der Waals surface area contributed by atoms with E-state index in [4.69, 9.17) is 10.8 Å². The van der Waals surface area contributed by atoms with E-state index >= 15 is 0 Å². The van der Waals surface area contributed by atoms with Crippen LogP contribution in [0.2, 0.25) is 0 Å². The zero-order valence-electron chi connectivity index (χ0n) is 13.0. The van der Waals surface area contributed by atoms with Gasteiger partial charge in [0.15, 0.2) is 0 Å². The van der Waals surface area contributed by atoms with Gasteiger partial charge in [0.1, 0.15) is 0 Å². The molecule has 1 aromatic heterocycles. The van der Waals surface area contributed by atoms with Crippen molar-refractivity contribution in [2.75, 3.05) is 6.61 Å². The molecule has 0 amide bonds. The molecular formula is C19H22N2O2. The topological polar surface area (TPSA) is 71.4 Å². The predicted molar refractivity (Wildman–Crippen MR) is 95.0 cm³/mol. The average molecular weight is 310 g/mol. The molecule has 120 valence electrons. The smallest absolute Gasteiger partial charge is 0.0579 e. The lowest BCUT2D eigenvalue weighted by Gasteiger charge is -2.11. The Morgan fingerprint density at radius 1 is 1.04 bits per heavy atom. The van der Waals surface area contributed by atoms with Crippen molar-refractivity contribution >= 4 is 27.9 Å². The number of benzene rings is 2. The summed E-state index contributed by atoms with van der Waals surface area (Å²) in [6.07, 6.45) is 4.00. The van der Waals surface area contributed by atoms with Crippen LogP contribution >= 0.6 is 0 Å². The third-order valence-corrected chi connectivity index (χ3v) is 4.23.